The van der Waals surface area contributed by atoms with Crippen molar-refractivity contribution in [2.75, 3.05) is 6.54 Å². The molecule has 0 spiro atoms. The highest BCUT2D eigenvalue weighted by Gasteiger charge is 2.17. The van der Waals surface area contributed by atoms with Gasteiger partial charge in [-0.25, -0.2) is 9.48 Å². The van der Waals surface area contributed by atoms with E-state index in [2.05, 4.69) is 26.3 Å². The number of furan rings is 1. The van der Waals surface area contributed by atoms with Gasteiger partial charge < -0.3 is 9.73 Å². The molecule has 0 aliphatic rings. The van der Waals surface area contributed by atoms with Crippen LogP contribution in [0.4, 0.5) is 0 Å². The van der Waals surface area contributed by atoms with Gasteiger partial charge in [0, 0.05) is 34.7 Å². The molecule has 0 radical (unpaired) electrons. The van der Waals surface area contributed by atoms with Crippen molar-refractivity contribution in [3.63, 3.8) is 0 Å². The van der Waals surface area contributed by atoms with Crippen molar-refractivity contribution >= 4 is 38.5 Å². The van der Waals surface area contributed by atoms with Gasteiger partial charge >= 0.3 is 5.69 Å². The van der Waals surface area contributed by atoms with Gasteiger partial charge in [-0.05, 0) is 43.7 Å². The quantitative estimate of drug-likeness (QED) is 0.495. The topological polar surface area (TPSA) is 81.5 Å². The second-order valence-corrected chi connectivity index (χ2v) is 7.16. The minimum atomic E-state index is -0.262. The largest absolute Gasteiger partial charge is 0.451 e. The van der Waals surface area contributed by atoms with Crippen LogP contribution in [0.2, 0.25) is 0 Å². The molecule has 27 heavy (non-hydrogen) atoms. The van der Waals surface area contributed by atoms with E-state index in [1.54, 1.807) is 18.3 Å². The number of pyridine rings is 1. The van der Waals surface area contributed by atoms with Gasteiger partial charge in [0.15, 0.2) is 11.4 Å². The minimum absolute atomic E-state index is 0.185. The first-order valence-corrected chi connectivity index (χ1v) is 9.35. The second kappa shape index (κ2) is 7.03. The summed E-state index contributed by atoms with van der Waals surface area (Å²) in [4.78, 5) is 24.6. The first-order chi connectivity index (χ1) is 13.0. The molecule has 0 aliphatic carbocycles. The molecular weight excluding hydrogens is 412 g/mol. The van der Waals surface area contributed by atoms with Gasteiger partial charge in [0.25, 0.3) is 5.91 Å². The molecule has 0 saturated carbocycles. The van der Waals surface area contributed by atoms with Crippen LogP contribution < -0.4 is 11.0 Å². The third kappa shape index (κ3) is 3.28. The second-order valence-electron chi connectivity index (χ2n) is 6.24. The van der Waals surface area contributed by atoms with E-state index in [-0.39, 0.29) is 11.6 Å². The van der Waals surface area contributed by atoms with Crippen molar-refractivity contribution in [1.29, 1.82) is 0 Å². The van der Waals surface area contributed by atoms with Gasteiger partial charge in [0.2, 0.25) is 0 Å². The molecule has 0 saturated heterocycles. The molecular formula is C19H17BrN4O3. The van der Waals surface area contributed by atoms with Crippen LogP contribution in [0.1, 0.15) is 22.5 Å². The number of fused-ring (bicyclic) bond motifs is 2. The molecule has 1 N–H and O–H groups in total. The average Bonchev–Trinajstić information content (AvgIpc) is 3.16. The number of rotatable bonds is 5. The molecule has 7 nitrogen and oxygen atoms in total. The Morgan fingerprint density at radius 3 is 2.96 bits per heavy atom. The molecule has 4 aromatic rings. The maximum atomic E-state index is 12.4. The predicted molar refractivity (Wildman–Crippen MR) is 105 cm³/mol. The Kier molecular flexibility index (Phi) is 4.57. The molecule has 4 rings (SSSR count). The monoisotopic (exact) mass is 428 g/mol. The molecule has 0 fully saturated rings. The highest BCUT2D eigenvalue weighted by atomic mass is 79.9. The summed E-state index contributed by atoms with van der Waals surface area (Å²) in [7, 11) is 0. The fraction of sp³-hybridized carbons (Fsp3) is 0.211. The number of aryl methyl sites for hydroxylation is 2. The standard InChI is InChI=1S/C19H17BrN4O3/c1-12-14-11-13(20)6-7-15(14)27-17(12)18(25)21-8-4-10-24-19(26)23-9-3-2-5-16(23)22-24/h2-3,5-7,9,11H,4,8,10H2,1H3,(H,21,25). The zero-order valence-electron chi connectivity index (χ0n) is 14.6. The summed E-state index contributed by atoms with van der Waals surface area (Å²) < 4.78 is 9.52. The van der Waals surface area contributed by atoms with E-state index in [0.717, 1.165) is 15.4 Å². The van der Waals surface area contributed by atoms with Crippen molar-refractivity contribution in [2.24, 2.45) is 0 Å². The highest BCUT2D eigenvalue weighted by Crippen LogP contribution is 2.27. The molecule has 0 atom stereocenters. The first-order valence-electron chi connectivity index (χ1n) is 8.55. The Morgan fingerprint density at radius 1 is 1.30 bits per heavy atom. The van der Waals surface area contributed by atoms with Crippen LogP contribution in [0.25, 0.3) is 16.6 Å². The number of aromatic nitrogens is 3. The van der Waals surface area contributed by atoms with E-state index >= 15 is 0 Å². The Morgan fingerprint density at radius 2 is 2.15 bits per heavy atom. The number of nitrogens with one attached hydrogen (secondary N) is 1. The van der Waals surface area contributed by atoms with E-state index in [4.69, 9.17) is 4.42 Å². The predicted octanol–water partition coefficient (Wildman–Crippen LogP) is 3.13. The van der Waals surface area contributed by atoms with Crippen molar-refractivity contribution in [1.82, 2.24) is 19.5 Å². The lowest BCUT2D eigenvalue weighted by atomic mass is 10.1. The summed E-state index contributed by atoms with van der Waals surface area (Å²) in [5.74, 6) is 0.0511. The number of benzene rings is 1. The lowest BCUT2D eigenvalue weighted by Gasteiger charge is -2.03. The molecule has 0 aliphatic heterocycles. The molecule has 0 bridgehead atoms. The van der Waals surface area contributed by atoms with Crippen molar-refractivity contribution in [2.45, 2.75) is 19.9 Å². The summed E-state index contributed by atoms with van der Waals surface area (Å²) in [6, 6.07) is 11.0. The van der Waals surface area contributed by atoms with Crippen LogP contribution in [-0.4, -0.2) is 26.6 Å². The smallest absolute Gasteiger partial charge is 0.350 e. The van der Waals surface area contributed by atoms with E-state index in [1.165, 1.54) is 9.08 Å². The van der Waals surface area contributed by atoms with E-state index in [1.807, 2.05) is 31.2 Å². The van der Waals surface area contributed by atoms with Crippen LogP contribution in [0.5, 0.6) is 0 Å². The van der Waals surface area contributed by atoms with Gasteiger partial charge in [-0.15, -0.1) is 5.10 Å². The molecule has 138 valence electrons. The molecule has 3 heterocycles. The Balaban J connectivity index is 1.40. The van der Waals surface area contributed by atoms with Crippen LogP contribution >= 0.6 is 15.9 Å². The van der Waals surface area contributed by atoms with Crippen molar-refractivity contribution in [3.8, 4) is 0 Å². The average molecular weight is 429 g/mol. The van der Waals surface area contributed by atoms with Crippen LogP contribution in [0, 0.1) is 6.92 Å². The van der Waals surface area contributed by atoms with Crippen molar-refractivity contribution < 1.29 is 9.21 Å². The number of carbonyl (C=O) groups excluding carboxylic acids is 1. The van der Waals surface area contributed by atoms with Gasteiger partial charge in [0.05, 0.1) is 0 Å². The van der Waals surface area contributed by atoms with E-state index < -0.39 is 0 Å². The maximum Gasteiger partial charge on any atom is 0.350 e. The SMILES string of the molecule is Cc1c(C(=O)NCCCn2nc3ccccn3c2=O)oc2ccc(Br)cc12. The first kappa shape index (κ1) is 17.5. The summed E-state index contributed by atoms with van der Waals surface area (Å²) >= 11 is 3.43. The molecule has 3 aromatic heterocycles. The zero-order valence-corrected chi connectivity index (χ0v) is 16.2. The fourth-order valence-corrected chi connectivity index (χ4v) is 3.40. The maximum absolute atomic E-state index is 12.4. The Hall–Kier alpha value is -2.87. The number of amides is 1. The molecule has 1 amide bonds. The van der Waals surface area contributed by atoms with Gasteiger partial charge in [0.1, 0.15) is 5.58 Å². The third-order valence-corrected chi connectivity index (χ3v) is 4.92. The normalized spacial score (nSPS) is 11.3. The van der Waals surface area contributed by atoms with Crippen LogP contribution in [0.3, 0.4) is 0 Å². The fourth-order valence-electron chi connectivity index (χ4n) is 3.03. The highest BCUT2D eigenvalue weighted by molar-refractivity contribution is 9.10. The number of carbonyl (C=O) groups is 1. The Bertz CT molecular complexity index is 1200. The number of hydrogen-bond donors (Lipinski definition) is 1. The number of hydrogen-bond acceptors (Lipinski definition) is 4. The van der Waals surface area contributed by atoms with Crippen LogP contribution in [0.15, 0.2) is 56.3 Å². The third-order valence-electron chi connectivity index (χ3n) is 4.43. The van der Waals surface area contributed by atoms with Crippen molar-refractivity contribution in [3.05, 3.63) is 68.9 Å². The summed E-state index contributed by atoms with van der Waals surface area (Å²) in [6.07, 6.45) is 2.27. The molecule has 8 heteroatoms. The minimum Gasteiger partial charge on any atom is -0.451 e. The number of halogens is 1. The van der Waals surface area contributed by atoms with E-state index in [0.29, 0.717) is 36.5 Å². The molecule has 1 aromatic carbocycles. The van der Waals surface area contributed by atoms with Gasteiger partial charge in [-0.3, -0.25) is 9.20 Å². The summed E-state index contributed by atoms with van der Waals surface area (Å²) in [5.41, 5.74) is 1.91. The summed E-state index contributed by atoms with van der Waals surface area (Å²) in [5, 5.41) is 8.02. The molecule has 0 unspecified atom stereocenters. The van der Waals surface area contributed by atoms with Gasteiger partial charge in [-0.2, -0.15) is 0 Å². The van der Waals surface area contributed by atoms with Crippen LogP contribution in [-0.2, 0) is 6.54 Å². The lowest BCUT2D eigenvalue weighted by molar-refractivity contribution is 0.0926. The Labute approximate surface area is 162 Å². The zero-order chi connectivity index (χ0) is 19.0. The lowest BCUT2D eigenvalue weighted by Crippen LogP contribution is -2.27. The van der Waals surface area contributed by atoms with Gasteiger partial charge in [-0.1, -0.05) is 22.0 Å². The van der Waals surface area contributed by atoms with E-state index in [9.17, 15) is 9.59 Å². The summed E-state index contributed by atoms with van der Waals surface area (Å²) in [6.45, 7) is 2.70. The number of nitrogens with zero attached hydrogens (tertiary/aromatic N) is 3.